The van der Waals surface area contributed by atoms with Gasteiger partial charge in [-0.05, 0) is 36.8 Å². The Bertz CT molecular complexity index is 984. The highest BCUT2D eigenvalue weighted by molar-refractivity contribution is 6.35. The van der Waals surface area contributed by atoms with Crippen LogP contribution in [0.4, 0.5) is 5.69 Å². The predicted octanol–water partition coefficient (Wildman–Crippen LogP) is 3.50. The van der Waals surface area contributed by atoms with Crippen molar-refractivity contribution in [3.8, 4) is 0 Å². The third-order valence-corrected chi connectivity index (χ3v) is 4.10. The first-order valence-corrected chi connectivity index (χ1v) is 8.40. The molecule has 0 unspecified atom stereocenters. The van der Waals surface area contributed by atoms with Gasteiger partial charge in [0.2, 0.25) is 0 Å². The summed E-state index contributed by atoms with van der Waals surface area (Å²) >= 11 is 6.14. The molecule has 3 aromatic rings. The fraction of sp³-hybridized carbons (Fsp3) is 0.222. The number of benzene rings is 1. The van der Waals surface area contributed by atoms with Crippen molar-refractivity contribution >= 4 is 34.1 Å². The summed E-state index contributed by atoms with van der Waals surface area (Å²) in [4.78, 5) is 28.6. The molecule has 6 nitrogen and oxygen atoms in total. The maximum Gasteiger partial charge on any atom is 0.276 e. The summed E-state index contributed by atoms with van der Waals surface area (Å²) in [6.45, 7) is 2.52. The van der Waals surface area contributed by atoms with E-state index in [1.54, 1.807) is 24.4 Å². The number of carbonyl (C=O) groups is 1. The van der Waals surface area contributed by atoms with E-state index >= 15 is 0 Å². The maximum atomic E-state index is 12.5. The summed E-state index contributed by atoms with van der Waals surface area (Å²) < 4.78 is 1.32. The van der Waals surface area contributed by atoms with Crippen LogP contribution in [0.15, 0.2) is 47.4 Å². The average Bonchev–Trinajstić information content (AvgIpc) is 2.63. The van der Waals surface area contributed by atoms with Gasteiger partial charge >= 0.3 is 0 Å². The fourth-order valence-electron chi connectivity index (χ4n) is 2.47. The lowest BCUT2D eigenvalue weighted by molar-refractivity contribution is 0.102. The zero-order valence-electron chi connectivity index (χ0n) is 13.7. The molecule has 1 N–H and O–H groups in total. The molecular weight excluding hydrogens is 340 g/mol. The van der Waals surface area contributed by atoms with E-state index < -0.39 is 5.91 Å². The van der Waals surface area contributed by atoms with E-state index in [-0.39, 0.29) is 11.3 Å². The molecule has 0 radical (unpaired) electrons. The van der Waals surface area contributed by atoms with E-state index in [0.29, 0.717) is 22.8 Å². The van der Waals surface area contributed by atoms with Crippen molar-refractivity contribution in [2.24, 2.45) is 0 Å². The fourth-order valence-corrected chi connectivity index (χ4v) is 2.69. The van der Waals surface area contributed by atoms with Crippen molar-refractivity contribution < 1.29 is 4.79 Å². The number of unbranched alkanes of at least 4 members (excludes halogenated alkanes) is 1. The third kappa shape index (κ3) is 3.69. The third-order valence-electron chi connectivity index (χ3n) is 3.79. The van der Waals surface area contributed by atoms with Gasteiger partial charge in [0, 0.05) is 24.2 Å². The van der Waals surface area contributed by atoms with Gasteiger partial charge in [0.25, 0.3) is 11.5 Å². The maximum absolute atomic E-state index is 12.5. The number of pyridine rings is 1. The number of amides is 1. The average molecular weight is 357 g/mol. The summed E-state index contributed by atoms with van der Waals surface area (Å²) in [5.41, 5.74) is 1.17. The van der Waals surface area contributed by atoms with Crippen LogP contribution >= 0.6 is 11.6 Å². The highest BCUT2D eigenvalue weighted by atomic mass is 35.5. The minimum Gasteiger partial charge on any atom is -0.320 e. The first kappa shape index (κ1) is 17.1. The standard InChI is InChI=1S/C18H17ClN4O2/c1-2-3-11-23-16(24)9-8-15(22-23)18(25)21-14-7-6-13(19)17-12(14)5-4-10-20-17/h4-10H,2-3,11H2,1H3,(H,21,25). The number of anilines is 1. The van der Waals surface area contributed by atoms with Crippen LogP contribution in [0.2, 0.25) is 5.02 Å². The first-order valence-electron chi connectivity index (χ1n) is 8.03. The molecule has 3 rings (SSSR count). The van der Waals surface area contributed by atoms with Crippen LogP contribution in [0.25, 0.3) is 10.9 Å². The lowest BCUT2D eigenvalue weighted by Crippen LogP contribution is -2.26. The Hall–Kier alpha value is -2.73. The van der Waals surface area contributed by atoms with Crippen LogP contribution < -0.4 is 10.9 Å². The SMILES string of the molecule is CCCCn1nc(C(=O)Nc2ccc(Cl)c3ncccc23)ccc1=O. The number of rotatable bonds is 5. The molecule has 0 aliphatic carbocycles. The molecule has 0 fully saturated rings. The van der Waals surface area contributed by atoms with Gasteiger partial charge in [-0.1, -0.05) is 24.9 Å². The Morgan fingerprint density at radius 2 is 2.08 bits per heavy atom. The second-order valence-corrected chi connectivity index (χ2v) is 5.99. The van der Waals surface area contributed by atoms with E-state index in [0.717, 1.165) is 18.2 Å². The first-order chi connectivity index (χ1) is 12.1. The normalized spacial score (nSPS) is 10.8. The molecule has 0 atom stereocenters. The van der Waals surface area contributed by atoms with Gasteiger partial charge in [-0.15, -0.1) is 0 Å². The van der Waals surface area contributed by atoms with Gasteiger partial charge in [-0.25, -0.2) is 4.68 Å². The van der Waals surface area contributed by atoms with E-state index in [4.69, 9.17) is 11.6 Å². The molecule has 2 heterocycles. The predicted molar refractivity (Wildman–Crippen MR) is 98.1 cm³/mol. The van der Waals surface area contributed by atoms with Crippen molar-refractivity contribution in [3.63, 3.8) is 0 Å². The molecule has 2 aromatic heterocycles. The molecule has 7 heteroatoms. The highest BCUT2D eigenvalue weighted by Crippen LogP contribution is 2.28. The number of hydrogen-bond acceptors (Lipinski definition) is 4. The van der Waals surface area contributed by atoms with Gasteiger partial charge in [-0.3, -0.25) is 14.6 Å². The monoisotopic (exact) mass is 356 g/mol. The number of aryl methyl sites for hydroxylation is 1. The summed E-state index contributed by atoms with van der Waals surface area (Å²) in [5.74, 6) is -0.391. The molecule has 128 valence electrons. The zero-order chi connectivity index (χ0) is 17.8. The smallest absolute Gasteiger partial charge is 0.276 e. The quantitative estimate of drug-likeness (QED) is 0.759. The topological polar surface area (TPSA) is 76.9 Å². The van der Waals surface area contributed by atoms with Crippen molar-refractivity contribution in [1.29, 1.82) is 0 Å². The van der Waals surface area contributed by atoms with Crippen LogP contribution in [0.3, 0.4) is 0 Å². The number of halogens is 1. The molecule has 1 aromatic carbocycles. The van der Waals surface area contributed by atoms with Gasteiger partial charge < -0.3 is 5.32 Å². The Morgan fingerprint density at radius 1 is 1.24 bits per heavy atom. The number of nitrogens with zero attached hydrogens (tertiary/aromatic N) is 3. The lowest BCUT2D eigenvalue weighted by atomic mass is 10.1. The van der Waals surface area contributed by atoms with Crippen LogP contribution in [-0.4, -0.2) is 20.7 Å². The molecule has 0 aliphatic rings. The van der Waals surface area contributed by atoms with Crippen molar-refractivity contribution in [3.05, 3.63) is 63.7 Å². The van der Waals surface area contributed by atoms with Crippen molar-refractivity contribution in [2.45, 2.75) is 26.3 Å². The summed E-state index contributed by atoms with van der Waals surface area (Å²) in [6, 6.07) is 9.80. The number of hydrogen-bond donors (Lipinski definition) is 1. The Labute approximate surface area is 149 Å². The van der Waals surface area contributed by atoms with Gasteiger partial charge in [0.15, 0.2) is 0 Å². The molecule has 1 amide bonds. The van der Waals surface area contributed by atoms with Crippen molar-refractivity contribution in [1.82, 2.24) is 14.8 Å². The van der Waals surface area contributed by atoms with Gasteiger partial charge in [0.05, 0.1) is 16.2 Å². The molecule has 0 saturated carbocycles. The van der Waals surface area contributed by atoms with Gasteiger partial charge in [-0.2, -0.15) is 5.10 Å². The number of aromatic nitrogens is 3. The van der Waals surface area contributed by atoms with Gasteiger partial charge in [0.1, 0.15) is 5.69 Å². The van der Waals surface area contributed by atoms with Crippen LogP contribution in [0.1, 0.15) is 30.3 Å². The second-order valence-electron chi connectivity index (χ2n) is 5.58. The molecular formula is C18H17ClN4O2. The molecule has 0 spiro atoms. The summed E-state index contributed by atoms with van der Waals surface area (Å²) in [7, 11) is 0. The Kier molecular flexibility index (Phi) is 5.09. The Balaban J connectivity index is 1.91. The molecule has 0 saturated heterocycles. The van der Waals surface area contributed by atoms with E-state index in [9.17, 15) is 9.59 Å². The van der Waals surface area contributed by atoms with E-state index in [2.05, 4.69) is 15.4 Å². The second kappa shape index (κ2) is 7.44. The zero-order valence-corrected chi connectivity index (χ0v) is 14.5. The number of carbonyl (C=O) groups excluding carboxylic acids is 1. The Morgan fingerprint density at radius 3 is 2.88 bits per heavy atom. The molecule has 0 aliphatic heterocycles. The van der Waals surface area contributed by atoms with Crippen LogP contribution in [0.5, 0.6) is 0 Å². The minimum absolute atomic E-state index is 0.183. The summed E-state index contributed by atoms with van der Waals surface area (Å²) in [6.07, 6.45) is 3.41. The largest absolute Gasteiger partial charge is 0.320 e. The van der Waals surface area contributed by atoms with Crippen molar-refractivity contribution in [2.75, 3.05) is 5.32 Å². The molecule has 25 heavy (non-hydrogen) atoms. The summed E-state index contributed by atoms with van der Waals surface area (Å²) in [5, 5.41) is 8.22. The van der Waals surface area contributed by atoms with Crippen LogP contribution in [0, 0.1) is 0 Å². The van der Waals surface area contributed by atoms with E-state index in [1.165, 1.54) is 16.8 Å². The highest BCUT2D eigenvalue weighted by Gasteiger charge is 2.13. The van der Waals surface area contributed by atoms with E-state index in [1.807, 2.05) is 13.0 Å². The number of fused-ring (bicyclic) bond motifs is 1. The lowest BCUT2D eigenvalue weighted by Gasteiger charge is -2.10. The molecule has 0 bridgehead atoms. The minimum atomic E-state index is -0.391. The number of nitrogens with one attached hydrogen (secondary N) is 1. The van der Waals surface area contributed by atoms with Crippen LogP contribution in [-0.2, 0) is 6.54 Å².